The number of likely N-dealkylation sites (tertiary alicyclic amines) is 1. The fraction of sp³-hybridized carbons (Fsp3) is 0.889. The van der Waals surface area contributed by atoms with E-state index in [1.165, 1.54) is 26.4 Å². The van der Waals surface area contributed by atoms with Crippen molar-refractivity contribution in [2.75, 3.05) is 14.2 Å². The van der Waals surface area contributed by atoms with E-state index in [4.69, 9.17) is 4.74 Å². The van der Waals surface area contributed by atoms with Crippen LogP contribution in [-0.4, -0.2) is 48.9 Å². The summed E-state index contributed by atoms with van der Waals surface area (Å²) in [5.74, 6) is 2.13. The zero-order valence-electron chi connectivity index (χ0n) is 21.5. The third-order valence-electron chi connectivity index (χ3n) is 10.4. The maximum atomic E-state index is 13.0. The largest absolute Gasteiger partial charge is 0.469 e. The number of methoxy groups -OCH3 is 1. The van der Waals surface area contributed by atoms with Gasteiger partial charge in [0, 0.05) is 32.0 Å². The first-order valence-corrected chi connectivity index (χ1v) is 13.0. The number of fused-ring (bicyclic) bond motifs is 5. The normalized spacial score (nSPS) is 40.5. The summed E-state index contributed by atoms with van der Waals surface area (Å²) in [6, 6.07) is 0.601. The van der Waals surface area contributed by atoms with E-state index in [2.05, 4.69) is 24.1 Å². The van der Waals surface area contributed by atoms with Crippen LogP contribution in [0.3, 0.4) is 0 Å². The Labute approximate surface area is 199 Å². The lowest BCUT2D eigenvalue weighted by Crippen LogP contribution is -2.62. The van der Waals surface area contributed by atoms with Crippen molar-refractivity contribution in [3.8, 4) is 0 Å². The summed E-state index contributed by atoms with van der Waals surface area (Å²) in [6.45, 7) is 8.78. The number of carbonyl (C=O) groups excluding carboxylic acids is 3. The molecule has 3 saturated carbocycles. The molecule has 7 atom stereocenters. The van der Waals surface area contributed by atoms with Gasteiger partial charge in [-0.2, -0.15) is 0 Å². The monoisotopic (exact) mass is 460 g/mol. The minimum Gasteiger partial charge on any atom is -0.469 e. The number of nitrogens with zero attached hydrogens (tertiary/aromatic N) is 1. The lowest BCUT2D eigenvalue weighted by molar-refractivity contribution is -0.157. The topological polar surface area (TPSA) is 75.7 Å². The molecular formula is C27H44N2O4. The van der Waals surface area contributed by atoms with Gasteiger partial charge in [-0.15, -0.1) is 0 Å². The van der Waals surface area contributed by atoms with Crippen molar-refractivity contribution in [2.45, 2.75) is 104 Å². The third kappa shape index (κ3) is 4.20. The minimum atomic E-state index is -0.412. The average Bonchev–Trinajstić information content (AvgIpc) is 3.06. The molecule has 1 N–H and O–H groups in total. The smallest absolute Gasteiger partial charge is 0.306 e. The van der Waals surface area contributed by atoms with Crippen molar-refractivity contribution < 1.29 is 19.1 Å². The Hall–Kier alpha value is -1.59. The third-order valence-corrected chi connectivity index (χ3v) is 10.4. The van der Waals surface area contributed by atoms with Gasteiger partial charge in [0.2, 0.25) is 11.8 Å². The van der Waals surface area contributed by atoms with Gasteiger partial charge in [-0.3, -0.25) is 14.4 Å². The summed E-state index contributed by atoms with van der Waals surface area (Å²) < 4.78 is 4.80. The van der Waals surface area contributed by atoms with Crippen molar-refractivity contribution in [1.29, 1.82) is 0 Å². The SMILES string of the molecule is COC(=O)CC(C)(C)CC(=O)NC1CC[C@H]2[C@@H]3CC[C@H]4N(C)C(=O)CC[C@]4(C)[C@H]3CC[C@]12C. The summed E-state index contributed by atoms with van der Waals surface area (Å²) in [6.07, 6.45) is 9.21. The molecule has 0 aromatic rings. The molecular weight excluding hydrogens is 416 g/mol. The highest BCUT2D eigenvalue weighted by Crippen LogP contribution is 2.64. The number of nitrogens with one attached hydrogen (secondary N) is 1. The van der Waals surface area contributed by atoms with E-state index >= 15 is 0 Å². The van der Waals surface area contributed by atoms with Crippen LogP contribution in [0, 0.1) is 34.0 Å². The molecule has 0 bridgehead atoms. The number of hydrogen-bond donors (Lipinski definition) is 1. The number of esters is 1. The fourth-order valence-electron chi connectivity index (χ4n) is 8.59. The van der Waals surface area contributed by atoms with E-state index < -0.39 is 5.41 Å². The van der Waals surface area contributed by atoms with Crippen LogP contribution in [0.2, 0.25) is 0 Å². The van der Waals surface area contributed by atoms with Crippen molar-refractivity contribution in [2.24, 2.45) is 34.0 Å². The Morgan fingerprint density at radius 1 is 1.03 bits per heavy atom. The summed E-state index contributed by atoms with van der Waals surface area (Å²) >= 11 is 0. The number of ether oxygens (including phenoxy) is 1. The Morgan fingerprint density at radius 2 is 1.73 bits per heavy atom. The highest BCUT2D eigenvalue weighted by molar-refractivity contribution is 5.79. The predicted molar refractivity (Wildman–Crippen MR) is 127 cm³/mol. The lowest BCUT2D eigenvalue weighted by Gasteiger charge is -2.61. The quantitative estimate of drug-likeness (QED) is 0.620. The van der Waals surface area contributed by atoms with E-state index in [0.717, 1.165) is 25.7 Å². The van der Waals surface area contributed by atoms with Crippen LogP contribution in [0.15, 0.2) is 0 Å². The zero-order valence-corrected chi connectivity index (χ0v) is 21.5. The average molecular weight is 461 g/mol. The van der Waals surface area contributed by atoms with Gasteiger partial charge in [0.1, 0.15) is 0 Å². The maximum absolute atomic E-state index is 13.0. The fourth-order valence-corrected chi connectivity index (χ4v) is 8.59. The number of hydrogen-bond acceptors (Lipinski definition) is 4. The van der Waals surface area contributed by atoms with Crippen LogP contribution >= 0.6 is 0 Å². The molecule has 0 aromatic carbocycles. The van der Waals surface area contributed by atoms with E-state index in [1.807, 2.05) is 20.9 Å². The van der Waals surface area contributed by atoms with Gasteiger partial charge >= 0.3 is 5.97 Å². The van der Waals surface area contributed by atoms with Gasteiger partial charge in [0.25, 0.3) is 0 Å². The van der Waals surface area contributed by atoms with Crippen molar-refractivity contribution in [1.82, 2.24) is 10.2 Å². The molecule has 4 fully saturated rings. The molecule has 4 aliphatic rings. The first-order chi connectivity index (χ1) is 15.4. The molecule has 2 amide bonds. The molecule has 6 heteroatoms. The van der Waals surface area contributed by atoms with Crippen LogP contribution in [0.25, 0.3) is 0 Å². The molecule has 1 heterocycles. The molecule has 0 aromatic heterocycles. The summed E-state index contributed by atoms with van der Waals surface area (Å²) in [4.78, 5) is 39.1. The molecule has 0 spiro atoms. The number of piperidine rings is 1. The number of carbonyl (C=O) groups is 3. The molecule has 4 rings (SSSR count). The Bertz CT molecular complexity index is 810. The van der Waals surface area contributed by atoms with Crippen molar-refractivity contribution in [3.63, 3.8) is 0 Å². The van der Waals surface area contributed by atoms with Gasteiger partial charge in [-0.1, -0.05) is 27.7 Å². The molecule has 6 nitrogen and oxygen atoms in total. The lowest BCUT2D eigenvalue weighted by atomic mass is 9.47. The highest BCUT2D eigenvalue weighted by atomic mass is 16.5. The first kappa shape index (κ1) is 24.5. The van der Waals surface area contributed by atoms with Crippen LogP contribution in [-0.2, 0) is 19.1 Å². The molecule has 1 unspecified atom stereocenters. The van der Waals surface area contributed by atoms with Crippen LogP contribution in [0.4, 0.5) is 0 Å². The Kier molecular flexibility index (Phi) is 6.37. The molecule has 186 valence electrons. The van der Waals surface area contributed by atoms with E-state index in [-0.39, 0.29) is 35.2 Å². The van der Waals surface area contributed by atoms with Gasteiger partial charge in [0.05, 0.1) is 13.5 Å². The Morgan fingerprint density at radius 3 is 2.42 bits per heavy atom. The van der Waals surface area contributed by atoms with E-state index in [1.54, 1.807) is 0 Å². The maximum Gasteiger partial charge on any atom is 0.306 e. The molecule has 3 aliphatic carbocycles. The molecule has 1 aliphatic heterocycles. The first-order valence-electron chi connectivity index (χ1n) is 13.0. The van der Waals surface area contributed by atoms with Gasteiger partial charge in [-0.25, -0.2) is 0 Å². The number of amides is 2. The van der Waals surface area contributed by atoms with Crippen molar-refractivity contribution >= 4 is 17.8 Å². The van der Waals surface area contributed by atoms with E-state index in [0.29, 0.717) is 42.5 Å². The van der Waals surface area contributed by atoms with E-state index in [9.17, 15) is 14.4 Å². The predicted octanol–water partition coefficient (Wildman–Crippen LogP) is 4.31. The summed E-state index contributed by atoms with van der Waals surface area (Å²) in [7, 11) is 3.41. The summed E-state index contributed by atoms with van der Waals surface area (Å²) in [5, 5.41) is 3.40. The molecule has 0 radical (unpaired) electrons. The second-order valence-corrected chi connectivity index (χ2v) is 12.8. The molecule has 1 saturated heterocycles. The van der Waals surface area contributed by atoms with Gasteiger partial charge in [0.15, 0.2) is 0 Å². The van der Waals surface area contributed by atoms with Crippen molar-refractivity contribution in [3.05, 3.63) is 0 Å². The van der Waals surface area contributed by atoms with Gasteiger partial charge < -0.3 is 15.0 Å². The standard InChI is InChI=1S/C27H44N2O4/c1-25(2,16-24(32)33-6)15-22(30)28-20-9-8-18-17-7-10-21-27(4,14-12-23(31)29(21)5)19(17)11-13-26(18,20)3/h17-21H,7-16H2,1-6H3,(H,28,30)/t17-,18-,19-,20?,21+,26-,27+/m0/s1. The van der Waals surface area contributed by atoms with Crippen LogP contribution in [0.5, 0.6) is 0 Å². The zero-order chi connectivity index (χ0) is 24.2. The molecule has 33 heavy (non-hydrogen) atoms. The Balaban J connectivity index is 1.44. The van der Waals surface area contributed by atoms with Crippen LogP contribution in [0.1, 0.15) is 91.9 Å². The second-order valence-electron chi connectivity index (χ2n) is 12.8. The second kappa shape index (κ2) is 8.57. The number of rotatable bonds is 5. The minimum absolute atomic E-state index is 0.0565. The highest BCUT2D eigenvalue weighted by Gasteiger charge is 2.61. The van der Waals surface area contributed by atoms with Gasteiger partial charge in [-0.05, 0) is 78.9 Å². The summed E-state index contributed by atoms with van der Waals surface area (Å²) in [5.41, 5.74) is -0.0414. The van der Waals surface area contributed by atoms with Crippen LogP contribution < -0.4 is 5.32 Å².